The lowest BCUT2D eigenvalue weighted by Crippen LogP contribution is -2.26. The zero-order valence-corrected chi connectivity index (χ0v) is 9.31. The standard InChI is InChI=1S/C13H13N3O/c14-10-7-12(13(17)15-8-5-6-8)16-11-4-2-1-3-9(10)11/h1-4,7-8H,5-6H2,(H2,14,16)(H,15,17). The van der Waals surface area contributed by atoms with Gasteiger partial charge >= 0.3 is 0 Å². The van der Waals surface area contributed by atoms with Gasteiger partial charge in [-0.05, 0) is 25.0 Å². The van der Waals surface area contributed by atoms with Crippen molar-refractivity contribution < 1.29 is 4.79 Å². The molecular formula is C13H13N3O. The summed E-state index contributed by atoms with van der Waals surface area (Å²) in [5, 5.41) is 3.79. The second-order valence-corrected chi connectivity index (χ2v) is 4.36. The Morgan fingerprint density at radius 3 is 2.88 bits per heavy atom. The van der Waals surface area contributed by atoms with Crippen molar-refractivity contribution in [2.75, 3.05) is 5.73 Å². The molecule has 4 nitrogen and oxygen atoms in total. The van der Waals surface area contributed by atoms with Crippen molar-refractivity contribution in [1.82, 2.24) is 10.3 Å². The number of hydrogen-bond acceptors (Lipinski definition) is 3. The molecule has 0 spiro atoms. The smallest absolute Gasteiger partial charge is 0.270 e. The zero-order valence-electron chi connectivity index (χ0n) is 9.31. The van der Waals surface area contributed by atoms with Crippen molar-refractivity contribution in [3.8, 4) is 0 Å². The fourth-order valence-electron chi connectivity index (χ4n) is 1.81. The molecule has 1 aromatic carbocycles. The molecule has 17 heavy (non-hydrogen) atoms. The van der Waals surface area contributed by atoms with Gasteiger partial charge in [-0.3, -0.25) is 4.79 Å². The van der Waals surface area contributed by atoms with E-state index >= 15 is 0 Å². The van der Waals surface area contributed by atoms with Crippen LogP contribution < -0.4 is 11.1 Å². The van der Waals surface area contributed by atoms with Crippen molar-refractivity contribution >= 4 is 22.5 Å². The van der Waals surface area contributed by atoms with Gasteiger partial charge in [-0.15, -0.1) is 0 Å². The number of aromatic nitrogens is 1. The molecule has 1 fully saturated rings. The molecule has 1 amide bonds. The van der Waals surface area contributed by atoms with Gasteiger partial charge in [0.1, 0.15) is 5.69 Å². The molecule has 0 atom stereocenters. The Bertz CT molecular complexity index is 590. The highest BCUT2D eigenvalue weighted by Crippen LogP contribution is 2.22. The van der Waals surface area contributed by atoms with Gasteiger partial charge in [-0.1, -0.05) is 18.2 Å². The maximum atomic E-state index is 11.9. The Kier molecular flexibility index (Phi) is 2.21. The van der Waals surface area contributed by atoms with Crippen LogP contribution >= 0.6 is 0 Å². The number of nitrogens with two attached hydrogens (primary N) is 1. The van der Waals surface area contributed by atoms with Gasteiger partial charge in [0, 0.05) is 17.1 Å². The molecule has 4 heteroatoms. The molecule has 0 aliphatic heterocycles. The van der Waals surface area contributed by atoms with E-state index in [2.05, 4.69) is 10.3 Å². The van der Waals surface area contributed by atoms with Gasteiger partial charge in [0.25, 0.3) is 5.91 Å². The molecule has 1 aliphatic rings. The van der Waals surface area contributed by atoms with Crippen molar-refractivity contribution in [2.24, 2.45) is 0 Å². The molecule has 2 aromatic rings. The van der Waals surface area contributed by atoms with Crippen molar-refractivity contribution in [3.63, 3.8) is 0 Å². The lowest BCUT2D eigenvalue weighted by atomic mass is 10.1. The minimum atomic E-state index is -0.134. The molecule has 1 saturated carbocycles. The van der Waals surface area contributed by atoms with Gasteiger partial charge in [-0.25, -0.2) is 4.98 Å². The maximum Gasteiger partial charge on any atom is 0.270 e. The van der Waals surface area contributed by atoms with Crippen LogP contribution in [0.2, 0.25) is 0 Å². The van der Waals surface area contributed by atoms with E-state index in [4.69, 9.17) is 5.73 Å². The summed E-state index contributed by atoms with van der Waals surface area (Å²) in [6.45, 7) is 0. The Balaban J connectivity index is 2.02. The third-order valence-corrected chi connectivity index (χ3v) is 2.89. The largest absolute Gasteiger partial charge is 0.398 e. The summed E-state index contributed by atoms with van der Waals surface area (Å²) in [7, 11) is 0. The molecule has 1 heterocycles. The summed E-state index contributed by atoms with van der Waals surface area (Å²) in [6, 6.07) is 9.53. The number of fused-ring (bicyclic) bond motifs is 1. The number of nitrogens with zero attached hydrogens (tertiary/aromatic N) is 1. The number of anilines is 1. The number of carbonyl (C=O) groups is 1. The summed E-state index contributed by atoms with van der Waals surface area (Å²) in [5.41, 5.74) is 7.67. The summed E-state index contributed by atoms with van der Waals surface area (Å²) < 4.78 is 0. The normalized spacial score (nSPS) is 14.8. The van der Waals surface area contributed by atoms with Crippen LogP contribution in [0.4, 0.5) is 5.69 Å². The SMILES string of the molecule is Nc1cc(C(=O)NC2CC2)nc2ccccc12. The Morgan fingerprint density at radius 1 is 1.35 bits per heavy atom. The van der Waals surface area contributed by atoms with Crippen molar-refractivity contribution in [1.29, 1.82) is 0 Å². The first kappa shape index (κ1) is 10.1. The van der Waals surface area contributed by atoms with E-state index < -0.39 is 0 Å². The third-order valence-electron chi connectivity index (χ3n) is 2.89. The van der Waals surface area contributed by atoms with E-state index in [1.807, 2.05) is 24.3 Å². The maximum absolute atomic E-state index is 11.9. The van der Waals surface area contributed by atoms with Crippen LogP contribution in [0.15, 0.2) is 30.3 Å². The summed E-state index contributed by atoms with van der Waals surface area (Å²) in [5.74, 6) is -0.134. The molecule has 0 radical (unpaired) electrons. The fraction of sp³-hybridized carbons (Fsp3) is 0.231. The average Bonchev–Trinajstić information content (AvgIpc) is 3.13. The first-order valence-corrected chi connectivity index (χ1v) is 5.70. The first-order chi connectivity index (χ1) is 8.24. The number of nitrogen functional groups attached to an aromatic ring is 1. The number of hydrogen-bond donors (Lipinski definition) is 2. The molecule has 1 aliphatic carbocycles. The van der Waals surface area contributed by atoms with Crippen LogP contribution in [0, 0.1) is 0 Å². The lowest BCUT2D eigenvalue weighted by molar-refractivity contribution is 0.0946. The number of amides is 1. The quantitative estimate of drug-likeness (QED) is 0.820. The number of benzene rings is 1. The van der Waals surface area contributed by atoms with Crippen molar-refractivity contribution in [3.05, 3.63) is 36.0 Å². The van der Waals surface area contributed by atoms with E-state index in [-0.39, 0.29) is 5.91 Å². The summed E-state index contributed by atoms with van der Waals surface area (Å²) in [4.78, 5) is 16.2. The Hall–Kier alpha value is -2.10. The number of rotatable bonds is 2. The average molecular weight is 227 g/mol. The van der Waals surface area contributed by atoms with Crippen LogP contribution in [0.3, 0.4) is 0 Å². The highest BCUT2D eigenvalue weighted by Gasteiger charge is 2.24. The topological polar surface area (TPSA) is 68.0 Å². The summed E-state index contributed by atoms with van der Waals surface area (Å²) in [6.07, 6.45) is 2.13. The zero-order chi connectivity index (χ0) is 11.8. The van der Waals surface area contributed by atoms with Crippen molar-refractivity contribution in [2.45, 2.75) is 18.9 Å². The molecule has 0 unspecified atom stereocenters. The van der Waals surface area contributed by atoms with Gasteiger partial charge in [0.2, 0.25) is 0 Å². The first-order valence-electron chi connectivity index (χ1n) is 5.70. The van der Waals surface area contributed by atoms with Gasteiger partial charge in [-0.2, -0.15) is 0 Å². The third kappa shape index (κ3) is 1.93. The van der Waals surface area contributed by atoms with E-state index in [1.54, 1.807) is 6.07 Å². The lowest BCUT2D eigenvalue weighted by Gasteiger charge is -2.06. The fourth-order valence-corrected chi connectivity index (χ4v) is 1.81. The molecule has 3 N–H and O–H groups in total. The highest BCUT2D eigenvalue weighted by molar-refractivity contribution is 5.99. The Morgan fingerprint density at radius 2 is 2.12 bits per heavy atom. The van der Waals surface area contributed by atoms with Crippen LogP contribution in [-0.2, 0) is 0 Å². The van der Waals surface area contributed by atoms with E-state index in [1.165, 1.54) is 0 Å². The molecule has 86 valence electrons. The van der Waals surface area contributed by atoms with Gasteiger partial charge in [0.05, 0.1) is 5.52 Å². The predicted octanol–water partition coefficient (Wildman–Crippen LogP) is 1.71. The van der Waals surface area contributed by atoms with E-state index in [9.17, 15) is 4.79 Å². The van der Waals surface area contributed by atoms with E-state index in [0.717, 1.165) is 23.7 Å². The number of pyridine rings is 1. The van der Waals surface area contributed by atoms with E-state index in [0.29, 0.717) is 17.4 Å². The second kappa shape index (κ2) is 3.73. The predicted molar refractivity (Wildman–Crippen MR) is 66.6 cm³/mol. The second-order valence-electron chi connectivity index (χ2n) is 4.36. The molecular weight excluding hydrogens is 214 g/mol. The summed E-state index contributed by atoms with van der Waals surface area (Å²) >= 11 is 0. The molecule has 0 saturated heterocycles. The van der Waals surface area contributed by atoms with Gasteiger partial charge in [0.15, 0.2) is 0 Å². The minimum Gasteiger partial charge on any atom is -0.398 e. The minimum absolute atomic E-state index is 0.134. The van der Waals surface area contributed by atoms with Crippen LogP contribution in [0.5, 0.6) is 0 Å². The molecule has 0 bridgehead atoms. The van der Waals surface area contributed by atoms with Crippen LogP contribution in [-0.4, -0.2) is 16.9 Å². The monoisotopic (exact) mass is 227 g/mol. The number of carbonyl (C=O) groups excluding carboxylic acids is 1. The number of para-hydroxylation sites is 1. The van der Waals surface area contributed by atoms with Crippen LogP contribution in [0.25, 0.3) is 10.9 Å². The van der Waals surface area contributed by atoms with Crippen LogP contribution in [0.1, 0.15) is 23.3 Å². The van der Waals surface area contributed by atoms with Gasteiger partial charge < -0.3 is 11.1 Å². The number of nitrogens with one attached hydrogen (secondary N) is 1. The Labute approximate surface area is 98.8 Å². The highest BCUT2D eigenvalue weighted by atomic mass is 16.2. The molecule has 3 rings (SSSR count). The molecule has 1 aromatic heterocycles.